The molecule has 0 atom stereocenters. The number of carbonyl (C=O) groups excluding carboxylic acids is 2. The van der Waals surface area contributed by atoms with Crippen LogP contribution >= 0.6 is 0 Å². The lowest BCUT2D eigenvalue weighted by molar-refractivity contribution is -0.149. The summed E-state index contributed by atoms with van der Waals surface area (Å²) >= 11 is 0. The van der Waals surface area contributed by atoms with E-state index in [0.29, 0.717) is 18.9 Å². The molecule has 1 aliphatic rings. The summed E-state index contributed by atoms with van der Waals surface area (Å²) < 4.78 is 28.6. The Labute approximate surface area is 162 Å². The number of hydrogen-bond donors (Lipinski definition) is 1. The smallest absolute Gasteiger partial charge is 0.344 e. The van der Waals surface area contributed by atoms with Gasteiger partial charge in [-0.25, -0.2) is 9.18 Å². The maximum Gasteiger partial charge on any atom is 0.344 e. The summed E-state index contributed by atoms with van der Waals surface area (Å²) in [5, 5.41) is 2.65. The second kappa shape index (κ2) is 9.70. The average molecular weight is 388 g/mol. The number of para-hydroxylation sites is 1. The van der Waals surface area contributed by atoms with Crippen molar-refractivity contribution in [3.05, 3.63) is 54.3 Å². The van der Waals surface area contributed by atoms with Gasteiger partial charge in [0, 0.05) is 24.5 Å². The molecule has 148 valence electrons. The van der Waals surface area contributed by atoms with Crippen LogP contribution < -0.4 is 15.0 Å². The Kier molecular flexibility index (Phi) is 6.80. The number of morpholine rings is 1. The van der Waals surface area contributed by atoms with Crippen LogP contribution in [0.1, 0.15) is 0 Å². The third-order valence-corrected chi connectivity index (χ3v) is 4.07. The fourth-order valence-corrected chi connectivity index (χ4v) is 2.66. The number of carbonyl (C=O) groups is 2. The molecule has 1 amide bonds. The molecule has 1 fully saturated rings. The van der Waals surface area contributed by atoms with E-state index < -0.39 is 30.9 Å². The summed E-state index contributed by atoms with van der Waals surface area (Å²) in [5.41, 5.74) is 1.65. The zero-order valence-electron chi connectivity index (χ0n) is 15.2. The van der Waals surface area contributed by atoms with Gasteiger partial charge in [-0.3, -0.25) is 4.79 Å². The first-order chi connectivity index (χ1) is 13.6. The van der Waals surface area contributed by atoms with Crippen molar-refractivity contribution in [3.8, 4) is 5.75 Å². The van der Waals surface area contributed by atoms with Crippen LogP contribution in [0.25, 0.3) is 0 Å². The molecule has 0 spiro atoms. The highest BCUT2D eigenvalue weighted by Crippen LogP contribution is 2.19. The minimum Gasteiger partial charge on any atom is -0.479 e. The first kappa shape index (κ1) is 19.6. The molecule has 7 nitrogen and oxygen atoms in total. The molecule has 0 radical (unpaired) electrons. The van der Waals surface area contributed by atoms with Gasteiger partial charge >= 0.3 is 5.97 Å². The molecule has 2 aromatic carbocycles. The van der Waals surface area contributed by atoms with Gasteiger partial charge in [0.1, 0.15) is 0 Å². The molecule has 1 aliphatic heterocycles. The van der Waals surface area contributed by atoms with Gasteiger partial charge in [-0.05, 0) is 36.4 Å². The Bertz CT molecular complexity index is 806. The van der Waals surface area contributed by atoms with E-state index in [-0.39, 0.29) is 5.75 Å². The predicted octanol–water partition coefficient (Wildman–Crippen LogP) is 2.22. The Morgan fingerprint density at radius 2 is 1.75 bits per heavy atom. The quantitative estimate of drug-likeness (QED) is 0.733. The normalized spacial score (nSPS) is 13.7. The molecular formula is C20H21FN2O5. The van der Waals surface area contributed by atoms with Crippen molar-refractivity contribution in [1.29, 1.82) is 0 Å². The van der Waals surface area contributed by atoms with Crippen LogP contribution in [0, 0.1) is 5.82 Å². The monoisotopic (exact) mass is 388 g/mol. The predicted molar refractivity (Wildman–Crippen MR) is 101 cm³/mol. The number of ether oxygens (including phenoxy) is 3. The highest BCUT2D eigenvalue weighted by molar-refractivity contribution is 5.93. The number of halogens is 1. The average Bonchev–Trinajstić information content (AvgIpc) is 2.73. The lowest BCUT2D eigenvalue weighted by Gasteiger charge is -2.28. The van der Waals surface area contributed by atoms with Crippen LogP contribution in [-0.4, -0.2) is 51.4 Å². The maximum atomic E-state index is 13.4. The number of rotatable bonds is 7. The first-order valence-corrected chi connectivity index (χ1v) is 8.87. The van der Waals surface area contributed by atoms with Gasteiger partial charge in [-0.1, -0.05) is 12.1 Å². The summed E-state index contributed by atoms with van der Waals surface area (Å²) in [5.74, 6) is -1.86. The van der Waals surface area contributed by atoms with Gasteiger partial charge in [-0.2, -0.15) is 0 Å². The summed E-state index contributed by atoms with van der Waals surface area (Å²) in [6.45, 7) is 2.12. The van der Waals surface area contributed by atoms with Crippen molar-refractivity contribution < 1.29 is 28.2 Å². The van der Waals surface area contributed by atoms with E-state index in [9.17, 15) is 14.0 Å². The van der Waals surface area contributed by atoms with E-state index in [0.717, 1.165) is 18.8 Å². The minimum absolute atomic E-state index is 0.0516. The molecule has 8 heteroatoms. The van der Waals surface area contributed by atoms with Crippen molar-refractivity contribution in [2.75, 3.05) is 49.7 Å². The summed E-state index contributed by atoms with van der Waals surface area (Å²) in [6, 6.07) is 13.1. The SMILES string of the molecule is O=C(COC(=O)COc1ccccc1F)Nc1ccc(N2CCOCC2)cc1. The molecule has 1 heterocycles. The Hall–Kier alpha value is -3.13. The Morgan fingerprint density at radius 3 is 2.46 bits per heavy atom. The Morgan fingerprint density at radius 1 is 1.04 bits per heavy atom. The third kappa shape index (κ3) is 5.68. The largest absolute Gasteiger partial charge is 0.479 e. The van der Waals surface area contributed by atoms with Crippen molar-refractivity contribution in [1.82, 2.24) is 0 Å². The molecule has 0 bridgehead atoms. The van der Waals surface area contributed by atoms with Crippen molar-refractivity contribution in [2.45, 2.75) is 0 Å². The highest BCUT2D eigenvalue weighted by atomic mass is 19.1. The minimum atomic E-state index is -0.763. The van der Waals surface area contributed by atoms with E-state index in [1.807, 2.05) is 12.1 Å². The van der Waals surface area contributed by atoms with Crippen LogP contribution in [0.5, 0.6) is 5.75 Å². The van der Waals surface area contributed by atoms with E-state index >= 15 is 0 Å². The van der Waals surface area contributed by atoms with Gasteiger partial charge in [0.05, 0.1) is 13.2 Å². The van der Waals surface area contributed by atoms with E-state index in [1.54, 1.807) is 18.2 Å². The zero-order chi connectivity index (χ0) is 19.8. The van der Waals surface area contributed by atoms with Crippen LogP contribution in [0.3, 0.4) is 0 Å². The van der Waals surface area contributed by atoms with Crippen molar-refractivity contribution in [3.63, 3.8) is 0 Å². The maximum absolute atomic E-state index is 13.4. The molecular weight excluding hydrogens is 367 g/mol. The fraction of sp³-hybridized carbons (Fsp3) is 0.300. The summed E-state index contributed by atoms with van der Waals surface area (Å²) in [4.78, 5) is 25.8. The van der Waals surface area contributed by atoms with Crippen LogP contribution in [0.2, 0.25) is 0 Å². The Balaban J connectivity index is 1.40. The van der Waals surface area contributed by atoms with Gasteiger partial charge in [-0.15, -0.1) is 0 Å². The molecule has 0 saturated carbocycles. The second-order valence-electron chi connectivity index (χ2n) is 6.07. The van der Waals surface area contributed by atoms with Crippen LogP contribution in [-0.2, 0) is 19.1 Å². The lowest BCUT2D eigenvalue weighted by atomic mass is 10.2. The lowest BCUT2D eigenvalue weighted by Crippen LogP contribution is -2.36. The molecule has 2 aromatic rings. The molecule has 0 aromatic heterocycles. The van der Waals surface area contributed by atoms with Gasteiger partial charge in [0.2, 0.25) is 0 Å². The molecule has 1 saturated heterocycles. The number of benzene rings is 2. The summed E-state index contributed by atoms with van der Waals surface area (Å²) in [7, 11) is 0. The second-order valence-corrected chi connectivity index (χ2v) is 6.07. The van der Waals surface area contributed by atoms with Gasteiger partial charge in [0.25, 0.3) is 5.91 Å². The number of hydrogen-bond acceptors (Lipinski definition) is 6. The van der Waals surface area contributed by atoms with Crippen LogP contribution in [0.15, 0.2) is 48.5 Å². The third-order valence-electron chi connectivity index (χ3n) is 4.07. The first-order valence-electron chi connectivity index (χ1n) is 8.87. The zero-order valence-corrected chi connectivity index (χ0v) is 15.2. The molecule has 3 rings (SSSR count). The topological polar surface area (TPSA) is 77.1 Å². The van der Waals surface area contributed by atoms with E-state index in [1.165, 1.54) is 18.2 Å². The number of amides is 1. The number of esters is 1. The number of anilines is 2. The highest BCUT2D eigenvalue weighted by Gasteiger charge is 2.12. The fourth-order valence-electron chi connectivity index (χ4n) is 2.66. The molecule has 1 N–H and O–H groups in total. The number of nitrogens with zero attached hydrogens (tertiary/aromatic N) is 1. The van der Waals surface area contributed by atoms with Gasteiger partial charge in [0.15, 0.2) is 24.8 Å². The standard InChI is InChI=1S/C20H21FN2O5/c21-17-3-1-2-4-18(17)27-14-20(25)28-13-19(24)22-15-5-7-16(8-6-15)23-9-11-26-12-10-23/h1-8H,9-14H2,(H,22,24). The van der Waals surface area contributed by atoms with Crippen molar-refractivity contribution in [2.24, 2.45) is 0 Å². The summed E-state index contributed by atoms with van der Waals surface area (Å²) in [6.07, 6.45) is 0. The molecule has 0 unspecified atom stereocenters. The van der Waals surface area contributed by atoms with Crippen LogP contribution in [0.4, 0.5) is 15.8 Å². The van der Waals surface area contributed by atoms with E-state index in [4.69, 9.17) is 14.2 Å². The molecule has 0 aliphatic carbocycles. The molecule has 28 heavy (non-hydrogen) atoms. The van der Waals surface area contributed by atoms with Crippen molar-refractivity contribution >= 4 is 23.3 Å². The van der Waals surface area contributed by atoms with E-state index in [2.05, 4.69) is 10.2 Å². The number of nitrogens with one attached hydrogen (secondary N) is 1. The van der Waals surface area contributed by atoms with Gasteiger partial charge < -0.3 is 24.4 Å².